The summed E-state index contributed by atoms with van der Waals surface area (Å²) in [7, 11) is -3.17. The van der Waals surface area contributed by atoms with Gasteiger partial charge in [-0.15, -0.1) is 0 Å². The van der Waals surface area contributed by atoms with Crippen LogP contribution in [-0.4, -0.2) is 19.1 Å². The van der Waals surface area contributed by atoms with Crippen molar-refractivity contribution in [2.75, 3.05) is 24.3 Å². The predicted molar refractivity (Wildman–Crippen MR) is 108 cm³/mol. The topological polar surface area (TPSA) is 90.7 Å². The Balaban J connectivity index is 2.08. The minimum absolute atomic E-state index is 0.163. The predicted octanol–water partition coefficient (Wildman–Crippen LogP) is 5.05. The Bertz CT molecular complexity index is 801. The number of nitrogen functional groups attached to an aromatic ring is 1. The van der Waals surface area contributed by atoms with Crippen LogP contribution in [0.2, 0.25) is 0 Å². The Morgan fingerprint density at radius 3 is 2.27 bits per heavy atom. The summed E-state index contributed by atoms with van der Waals surface area (Å²) in [4.78, 5) is 12.4. The molecular weight excluding hydrogens is 419 g/mol. The third-order valence-corrected chi connectivity index (χ3v) is 6.05. The first-order chi connectivity index (χ1) is 12.4. The Labute approximate surface area is 161 Å². The third-order valence-electron chi connectivity index (χ3n) is 3.51. The summed E-state index contributed by atoms with van der Waals surface area (Å²) in [6, 6.07) is 12.1. The molecule has 0 unspecified atom stereocenters. The smallest absolute Gasteiger partial charge is 0.335 e. The number of amides is 1. The highest BCUT2D eigenvalue weighted by molar-refractivity contribution is 9.10. The van der Waals surface area contributed by atoms with Gasteiger partial charge in [-0.2, -0.15) is 0 Å². The van der Waals surface area contributed by atoms with E-state index in [1.54, 1.807) is 56.3 Å². The minimum atomic E-state index is -3.17. The summed E-state index contributed by atoms with van der Waals surface area (Å²) < 4.78 is 24.0. The molecule has 0 spiro atoms. The van der Waals surface area contributed by atoms with E-state index >= 15 is 0 Å². The zero-order valence-corrected chi connectivity index (χ0v) is 17.2. The standard InChI is InChI=1S/C18H22BrN2O4P/c1-3-24-26(23,25-4-2)12-13-5-7-14(8-6-13)18(22)21-17-10-9-15(19)11-16(17)20/h5-11H,3-4,12,20H2,1-2H3,(H,21,22). The van der Waals surface area contributed by atoms with E-state index in [9.17, 15) is 9.36 Å². The van der Waals surface area contributed by atoms with Crippen molar-refractivity contribution in [1.29, 1.82) is 0 Å². The number of benzene rings is 2. The van der Waals surface area contributed by atoms with Crippen molar-refractivity contribution in [3.8, 4) is 0 Å². The van der Waals surface area contributed by atoms with Crippen molar-refractivity contribution in [3.63, 3.8) is 0 Å². The Kier molecular flexibility index (Phi) is 7.41. The van der Waals surface area contributed by atoms with Crippen molar-refractivity contribution in [2.45, 2.75) is 20.0 Å². The number of carbonyl (C=O) groups is 1. The molecule has 0 atom stereocenters. The number of hydrogen-bond acceptors (Lipinski definition) is 5. The van der Waals surface area contributed by atoms with E-state index in [4.69, 9.17) is 14.8 Å². The first-order valence-corrected chi connectivity index (χ1v) is 10.7. The summed E-state index contributed by atoms with van der Waals surface area (Å²) in [5, 5.41) is 2.77. The van der Waals surface area contributed by atoms with Gasteiger partial charge >= 0.3 is 7.60 Å². The first-order valence-electron chi connectivity index (χ1n) is 8.20. The largest absolute Gasteiger partial charge is 0.397 e. The Hall–Kier alpha value is -1.66. The molecule has 8 heteroatoms. The van der Waals surface area contributed by atoms with E-state index < -0.39 is 7.60 Å². The van der Waals surface area contributed by atoms with Crippen LogP contribution in [0, 0.1) is 0 Å². The van der Waals surface area contributed by atoms with Gasteiger partial charge in [0.05, 0.1) is 30.8 Å². The molecule has 0 radical (unpaired) electrons. The van der Waals surface area contributed by atoms with Crippen molar-refractivity contribution in [1.82, 2.24) is 0 Å². The van der Waals surface area contributed by atoms with E-state index in [1.165, 1.54) is 0 Å². The molecule has 26 heavy (non-hydrogen) atoms. The number of carbonyl (C=O) groups excluding carboxylic acids is 1. The van der Waals surface area contributed by atoms with Gasteiger partial charge in [-0.3, -0.25) is 9.36 Å². The number of anilines is 2. The number of rotatable bonds is 8. The van der Waals surface area contributed by atoms with Gasteiger partial charge in [0.2, 0.25) is 0 Å². The van der Waals surface area contributed by atoms with Crippen LogP contribution in [0.5, 0.6) is 0 Å². The van der Waals surface area contributed by atoms with Crippen molar-refractivity contribution < 1.29 is 18.4 Å². The summed E-state index contributed by atoms with van der Waals surface area (Å²) in [6.45, 7) is 4.17. The van der Waals surface area contributed by atoms with Crippen LogP contribution in [-0.2, 0) is 19.8 Å². The molecule has 1 amide bonds. The van der Waals surface area contributed by atoms with Gasteiger partial charge in [0.25, 0.3) is 5.91 Å². The average molecular weight is 441 g/mol. The maximum Gasteiger partial charge on any atom is 0.335 e. The zero-order chi connectivity index (χ0) is 19.2. The van der Waals surface area contributed by atoms with Crippen molar-refractivity contribution in [2.24, 2.45) is 0 Å². The van der Waals surface area contributed by atoms with Crippen LogP contribution in [0.15, 0.2) is 46.9 Å². The molecule has 0 aromatic heterocycles. The summed E-state index contributed by atoms with van der Waals surface area (Å²) in [5.41, 5.74) is 8.15. The average Bonchev–Trinajstić information content (AvgIpc) is 2.58. The van der Waals surface area contributed by atoms with E-state index in [0.717, 1.165) is 10.0 Å². The third kappa shape index (κ3) is 5.68. The summed E-state index contributed by atoms with van der Waals surface area (Å²) in [5.74, 6) is -0.275. The van der Waals surface area contributed by atoms with E-state index in [1.807, 2.05) is 0 Å². The van der Waals surface area contributed by atoms with Crippen LogP contribution in [0.25, 0.3) is 0 Å². The van der Waals surface area contributed by atoms with Gasteiger partial charge in [-0.1, -0.05) is 28.1 Å². The highest BCUT2D eigenvalue weighted by Crippen LogP contribution is 2.51. The van der Waals surface area contributed by atoms with E-state index in [2.05, 4.69) is 21.2 Å². The first kappa shape index (κ1) is 20.6. The zero-order valence-electron chi connectivity index (χ0n) is 14.7. The molecule has 0 aliphatic rings. The van der Waals surface area contributed by atoms with Crippen LogP contribution in [0.1, 0.15) is 29.8 Å². The molecule has 0 saturated heterocycles. The lowest BCUT2D eigenvalue weighted by atomic mass is 10.1. The van der Waals surface area contributed by atoms with Crippen LogP contribution in [0.3, 0.4) is 0 Å². The van der Waals surface area contributed by atoms with Crippen LogP contribution < -0.4 is 11.1 Å². The van der Waals surface area contributed by atoms with Crippen molar-refractivity contribution >= 4 is 40.8 Å². The lowest BCUT2D eigenvalue weighted by Crippen LogP contribution is -2.13. The maximum atomic E-state index is 12.6. The van der Waals surface area contributed by atoms with Gasteiger partial charge < -0.3 is 20.1 Å². The minimum Gasteiger partial charge on any atom is -0.397 e. The molecule has 3 N–H and O–H groups in total. The molecule has 6 nitrogen and oxygen atoms in total. The maximum absolute atomic E-state index is 12.6. The number of halogens is 1. The molecule has 0 bridgehead atoms. The molecule has 0 saturated carbocycles. The van der Waals surface area contributed by atoms with Crippen LogP contribution >= 0.6 is 23.5 Å². The number of hydrogen-bond donors (Lipinski definition) is 2. The fourth-order valence-corrected chi connectivity index (χ4v) is 4.43. The molecule has 140 valence electrons. The Morgan fingerprint density at radius 2 is 1.73 bits per heavy atom. The van der Waals surface area contributed by atoms with Gasteiger partial charge in [0, 0.05) is 10.0 Å². The second-order valence-electron chi connectivity index (χ2n) is 5.49. The molecule has 2 aromatic carbocycles. The van der Waals surface area contributed by atoms with E-state index in [0.29, 0.717) is 30.2 Å². The van der Waals surface area contributed by atoms with Gasteiger partial charge in [-0.05, 0) is 49.7 Å². The molecule has 0 aliphatic carbocycles. The molecule has 0 aliphatic heterocycles. The monoisotopic (exact) mass is 440 g/mol. The molecule has 2 aromatic rings. The lowest BCUT2D eigenvalue weighted by molar-refractivity contribution is 0.102. The second kappa shape index (κ2) is 9.33. The second-order valence-corrected chi connectivity index (χ2v) is 8.46. The van der Waals surface area contributed by atoms with Gasteiger partial charge in [0.15, 0.2) is 0 Å². The molecule has 2 rings (SSSR count). The molecular formula is C18H22BrN2O4P. The summed E-state index contributed by atoms with van der Waals surface area (Å²) in [6.07, 6.45) is 0.163. The van der Waals surface area contributed by atoms with Crippen molar-refractivity contribution in [3.05, 3.63) is 58.1 Å². The number of nitrogens with two attached hydrogens (primary N) is 1. The normalized spacial score (nSPS) is 11.3. The molecule has 0 fully saturated rings. The highest BCUT2D eigenvalue weighted by Gasteiger charge is 2.24. The lowest BCUT2D eigenvalue weighted by Gasteiger charge is -2.17. The molecule has 0 heterocycles. The highest BCUT2D eigenvalue weighted by atomic mass is 79.9. The fraction of sp³-hybridized carbons (Fsp3) is 0.278. The quantitative estimate of drug-likeness (QED) is 0.442. The van der Waals surface area contributed by atoms with E-state index in [-0.39, 0.29) is 12.1 Å². The fourth-order valence-electron chi connectivity index (χ4n) is 2.35. The number of nitrogens with one attached hydrogen (secondary N) is 1. The van der Waals surface area contributed by atoms with Gasteiger partial charge in [0.1, 0.15) is 0 Å². The summed E-state index contributed by atoms with van der Waals surface area (Å²) >= 11 is 3.33. The Morgan fingerprint density at radius 1 is 1.12 bits per heavy atom. The van der Waals surface area contributed by atoms with Crippen LogP contribution in [0.4, 0.5) is 11.4 Å². The SMILES string of the molecule is CCOP(=O)(Cc1ccc(C(=O)Nc2ccc(Br)cc2N)cc1)OCC. The van der Waals surface area contributed by atoms with Gasteiger partial charge in [-0.25, -0.2) is 0 Å².